The van der Waals surface area contributed by atoms with Gasteiger partial charge in [-0.05, 0) is 36.8 Å². The van der Waals surface area contributed by atoms with Crippen LogP contribution in [0, 0.1) is 5.92 Å². The summed E-state index contributed by atoms with van der Waals surface area (Å²) in [5.74, 6) is 1.03. The molecule has 0 aliphatic carbocycles. The number of pyridine rings is 1. The van der Waals surface area contributed by atoms with E-state index < -0.39 is 0 Å². The Morgan fingerprint density at radius 3 is 2.81 bits per heavy atom. The zero-order chi connectivity index (χ0) is 11.8. The van der Waals surface area contributed by atoms with Crippen molar-refractivity contribution in [2.24, 2.45) is 5.92 Å². The van der Waals surface area contributed by atoms with Crippen LogP contribution in [0.25, 0.3) is 0 Å². The van der Waals surface area contributed by atoms with Crippen LogP contribution < -0.4 is 0 Å². The van der Waals surface area contributed by atoms with Gasteiger partial charge in [-0.3, -0.25) is 9.78 Å². The summed E-state index contributed by atoms with van der Waals surface area (Å²) in [6.07, 6.45) is 8.03. The van der Waals surface area contributed by atoms with E-state index in [4.69, 9.17) is 0 Å². The van der Waals surface area contributed by atoms with Gasteiger partial charge in [0.25, 0.3) is 0 Å². The largest absolute Gasteiger partial charge is 0.300 e. The van der Waals surface area contributed by atoms with Crippen LogP contribution in [0.4, 0.5) is 0 Å². The van der Waals surface area contributed by atoms with Crippen molar-refractivity contribution in [1.82, 2.24) is 4.98 Å². The van der Waals surface area contributed by atoms with Gasteiger partial charge >= 0.3 is 0 Å². The van der Waals surface area contributed by atoms with E-state index in [1.165, 1.54) is 5.56 Å². The monoisotopic (exact) mass is 219 g/mol. The van der Waals surface area contributed by atoms with Crippen LogP contribution in [-0.4, -0.2) is 10.8 Å². The fourth-order valence-electron chi connectivity index (χ4n) is 1.61. The van der Waals surface area contributed by atoms with Crippen molar-refractivity contribution < 1.29 is 4.79 Å². The number of nitrogens with zero attached hydrogens (tertiary/aromatic N) is 1. The molecule has 2 heteroatoms. The van der Waals surface area contributed by atoms with Gasteiger partial charge in [0.1, 0.15) is 5.78 Å². The van der Waals surface area contributed by atoms with Crippen molar-refractivity contribution in [3.63, 3.8) is 0 Å². The molecule has 1 aromatic rings. The van der Waals surface area contributed by atoms with E-state index in [-0.39, 0.29) is 0 Å². The molecule has 0 aliphatic rings. The Kier molecular flexibility index (Phi) is 5.76. The zero-order valence-corrected chi connectivity index (χ0v) is 10.3. The smallest absolute Gasteiger partial charge is 0.132 e. The topological polar surface area (TPSA) is 30.0 Å². The van der Waals surface area contributed by atoms with Gasteiger partial charge in [0.2, 0.25) is 0 Å². The van der Waals surface area contributed by atoms with E-state index in [1.807, 2.05) is 12.3 Å². The van der Waals surface area contributed by atoms with E-state index in [0.717, 1.165) is 25.7 Å². The summed E-state index contributed by atoms with van der Waals surface area (Å²) in [6, 6.07) is 4.00. The highest BCUT2D eigenvalue weighted by Crippen LogP contribution is 2.08. The third-order valence-electron chi connectivity index (χ3n) is 2.64. The van der Waals surface area contributed by atoms with Crippen molar-refractivity contribution in [3.8, 4) is 0 Å². The number of carbonyl (C=O) groups excluding carboxylic acids is 1. The molecule has 88 valence electrons. The average Bonchev–Trinajstić information content (AvgIpc) is 2.28. The van der Waals surface area contributed by atoms with E-state index in [9.17, 15) is 4.79 Å². The lowest BCUT2D eigenvalue weighted by atomic mass is 10.0. The average molecular weight is 219 g/mol. The maximum atomic E-state index is 11.5. The van der Waals surface area contributed by atoms with E-state index in [0.29, 0.717) is 18.1 Å². The number of Topliss-reactive ketones (excluding diaryl/α,β-unsaturated/α-hetero) is 1. The maximum absolute atomic E-state index is 11.5. The Balaban J connectivity index is 2.13. The second kappa shape index (κ2) is 7.15. The Morgan fingerprint density at radius 2 is 2.19 bits per heavy atom. The zero-order valence-electron chi connectivity index (χ0n) is 10.3. The Morgan fingerprint density at radius 1 is 1.38 bits per heavy atom. The van der Waals surface area contributed by atoms with E-state index in [2.05, 4.69) is 24.9 Å². The molecule has 0 saturated heterocycles. The summed E-state index contributed by atoms with van der Waals surface area (Å²) in [4.78, 5) is 15.6. The van der Waals surface area contributed by atoms with Gasteiger partial charge in [0.15, 0.2) is 0 Å². The molecule has 1 heterocycles. The lowest BCUT2D eigenvalue weighted by molar-refractivity contribution is -0.119. The summed E-state index contributed by atoms with van der Waals surface area (Å²) in [7, 11) is 0. The number of hydrogen-bond acceptors (Lipinski definition) is 2. The second-order valence-corrected chi connectivity index (χ2v) is 4.69. The van der Waals surface area contributed by atoms with Crippen molar-refractivity contribution in [2.75, 3.05) is 0 Å². The van der Waals surface area contributed by atoms with Crippen LogP contribution in [0.5, 0.6) is 0 Å². The van der Waals surface area contributed by atoms with Gasteiger partial charge in [0, 0.05) is 25.2 Å². The number of hydrogen-bond donors (Lipinski definition) is 0. The predicted octanol–water partition coefficient (Wildman–Crippen LogP) is 3.41. The third-order valence-corrected chi connectivity index (χ3v) is 2.64. The first-order valence-electron chi connectivity index (χ1n) is 6.09. The maximum Gasteiger partial charge on any atom is 0.132 e. The lowest BCUT2D eigenvalue weighted by Gasteiger charge is -2.03. The number of aryl methyl sites for hydroxylation is 1. The highest BCUT2D eigenvalue weighted by molar-refractivity contribution is 5.78. The van der Waals surface area contributed by atoms with E-state index >= 15 is 0 Å². The highest BCUT2D eigenvalue weighted by Gasteiger charge is 2.03. The minimum atomic E-state index is 0.401. The quantitative estimate of drug-likeness (QED) is 0.703. The predicted molar refractivity (Wildman–Crippen MR) is 66.3 cm³/mol. The first kappa shape index (κ1) is 12.9. The lowest BCUT2D eigenvalue weighted by Crippen LogP contribution is -2.01. The fourth-order valence-corrected chi connectivity index (χ4v) is 1.61. The molecule has 0 radical (unpaired) electrons. The summed E-state index contributed by atoms with van der Waals surface area (Å²) in [5.41, 5.74) is 1.22. The van der Waals surface area contributed by atoms with E-state index in [1.54, 1.807) is 6.20 Å². The normalized spacial score (nSPS) is 10.7. The molecule has 0 unspecified atom stereocenters. The van der Waals surface area contributed by atoms with Crippen molar-refractivity contribution >= 4 is 5.78 Å². The summed E-state index contributed by atoms with van der Waals surface area (Å²) in [5, 5.41) is 0. The van der Waals surface area contributed by atoms with Gasteiger partial charge in [-0.1, -0.05) is 19.9 Å². The Labute approximate surface area is 98.1 Å². The summed E-state index contributed by atoms with van der Waals surface area (Å²) < 4.78 is 0. The van der Waals surface area contributed by atoms with Crippen LogP contribution in [-0.2, 0) is 11.2 Å². The number of carbonyl (C=O) groups is 1. The van der Waals surface area contributed by atoms with Gasteiger partial charge in [-0.25, -0.2) is 0 Å². The second-order valence-electron chi connectivity index (χ2n) is 4.69. The molecule has 0 N–H and O–H groups in total. The van der Waals surface area contributed by atoms with Gasteiger partial charge < -0.3 is 0 Å². The number of aromatic nitrogens is 1. The molecule has 1 rings (SSSR count). The Bertz CT molecular complexity index is 306. The molecule has 0 bridgehead atoms. The van der Waals surface area contributed by atoms with Crippen LogP contribution >= 0.6 is 0 Å². The standard InChI is InChI=1S/C14H21NO/c1-12(2)8-9-14(16)7-3-5-13-6-4-10-15-11-13/h4,6,10-12H,3,5,7-9H2,1-2H3. The molecule has 0 aromatic carbocycles. The third kappa shape index (κ3) is 5.64. The van der Waals surface area contributed by atoms with Gasteiger partial charge in [-0.2, -0.15) is 0 Å². The minimum Gasteiger partial charge on any atom is -0.300 e. The molecule has 0 fully saturated rings. The summed E-state index contributed by atoms with van der Waals surface area (Å²) in [6.45, 7) is 4.31. The SMILES string of the molecule is CC(C)CCC(=O)CCCc1cccnc1. The van der Waals surface area contributed by atoms with Gasteiger partial charge in [-0.15, -0.1) is 0 Å². The fraction of sp³-hybridized carbons (Fsp3) is 0.571. The number of rotatable bonds is 7. The molecule has 2 nitrogen and oxygen atoms in total. The van der Waals surface area contributed by atoms with Crippen LogP contribution in [0.2, 0.25) is 0 Å². The molecule has 1 aromatic heterocycles. The Hall–Kier alpha value is -1.18. The molecule has 16 heavy (non-hydrogen) atoms. The molecular weight excluding hydrogens is 198 g/mol. The van der Waals surface area contributed by atoms with Gasteiger partial charge in [0.05, 0.1) is 0 Å². The molecule has 0 amide bonds. The molecule has 0 spiro atoms. The first-order chi connectivity index (χ1) is 7.68. The highest BCUT2D eigenvalue weighted by atomic mass is 16.1. The minimum absolute atomic E-state index is 0.401. The van der Waals surface area contributed by atoms with Crippen molar-refractivity contribution in [3.05, 3.63) is 30.1 Å². The molecule has 0 saturated carbocycles. The molecule has 0 aliphatic heterocycles. The van der Waals surface area contributed by atoms with Crippen molar-refractivity contribution in [1.29, 1.82) is 0 Å². The van der Waals surface area contributed by atoms with Crippen LogP contribution in [0.15, 0.2) is 24.5 Å². The number of ketones is 1. The van der Waals surface area contributed by atoms with Crippen molar-refractivity contribution in [2.45, 2.75) is 46.0 Å². The summed E-state index contributed by atoms with van der Waals surface area (Å²) >= 11 is 0. The first-order valence-corrected chi connectivity index (χ1v) is 6.09. The molecule has 0 atom stereocenters. The van der Waals surface area contributed by atoms with Crippen LogP contribution in [0.3, 0.4) is 0 Å². The van der Waals surface area contributed by atoms with Crippen LogP contribution in [0.1, 0.15) is 45.1 Å². The molecular formula is C14H21NO.